The van der Waals surface area contributed by atoms with E-state index in [1.54, 1.807) is 11.1 Å². The highest BCUT2D eigenvalue weighted by Crippen LogP contribution is 2.56. The second kappa shape index (κ2) is 5.12. The van der Waals surface area contributed by atoms with Crippen LogP contribution in [0, 0.1) is 11.3 Å². The third-order valence-corrected chi connectivity index (χ3v) is 6.63. The smallest absolute Gasteiger partial charge is 0.00202 e. The van der Waals surface area contributed by atoms with Crippen molar-refractivity contribution < 1.29 is 0 Å². The number of benzene rings is 1. The molecule has 0 aromatic heterocycles. The van der Waals surface area contributed by atoms with Crippen molar-refractivity contribution in [1.82, 2.24) is 0 Å². The van der Waals surface area contributed by atoms with Crippen LogP contribution in [0.4, 0.5) is 0 Å². The highest BCUT2D eigenvalue weighted by atomic mass is 14.7. The van der Waals surface area contributed by atoms with Crippen LogP contribution in [-0.4, -0.2) is 6.54 Å². The van der Waals surface area contributed by atoms with Crippen LogP contribution in [0.5, 0.6) is 0 Å². The Morgan fingerprint density at radius 1 is 1.24 bits per heavy atom. The summed E-state index contributed by atoms with van der Waals surface area (Å²) >= 11 is 0. The molecule has 0 heterocycles. The molecule has 116 valence electrons. The van der Waals surface area contributed by atoms with E-state index in [4.69, 9.17) is 5.73 Å². The topological polar surface area (TPSA) is 26.0 Å². The van der Waals surface area contributed by atoms with E-state index in [-0.39, 0.29) is 0 Å². The summed E-state index contributed by atoms with van der Waals surface area (Å²) in [5.74, 6) is 1.38. The molecule has 2 aliphatic carbocycles. The summed E-state index contributed by atoms with van der Waals surface area (Å²) in [6, 6.07) is 7.29. The van der Waals surface area contributed by atoms with Gasteiger partial charge in [0.1, 0.15) is 0 Å². The minimum absolute atomic E-state index is 0.335. The van der Waals surface area contributed by atoms with Crippen molar-refractivity contribution in [3.8, 4) is 0 Å². The van der Waals surface area contributed by atoms with E-state index in [1.165, 1.54) is 37.7 Å². The Bertz CT molecular complexity index is 533. The lowest BCUT2D eigenvalue weighted by molar-refractivity contribution is 0.0326. The summed E-state index contributed by atoms with van der Waals surface area (Å²) in [6.07, 6.45) is 6.53. The van der Waals surface area contributed by atoms with Crippen molar-refractivity contribution in [2.75, 3.05) is 6.54 Å². The van der Waals surface area contributed by atoms with E-state index in [9.17, 15) is 0 Å². The Labute approximate surface area is 130 Å². The Morgan fingerprint density at radius 2 is 2.00 bits per heavy atom. The van der Waals surface area contributed by atoms with E-state index in [0.29, 0.717) is 16.7 Å². The maximum absolute atomic E-state index is 6.19. The molecular formula is C20H31N. The Kier molecular flexibility index (Phi) is 3.68. The van der Waals surface area contributed by atoms with E-state index in [0.717, 1.165) is 12.5 Å². The van der Waals surface area contributed by atoms with E-state index in [1.807, 2.05) is 0 Å². The number of rotatable bonds is 2. The Morgan fingerprint density at radius 3 is 2.67 bits per heavy atom. The Balaban J connectivity index is 2.05. The molecule has 0 saturated heterocycles. The molecule has 0 radical (unpaired) electrons. The molecule has 1 aromatic carbocycles. The van der Waals surface area contributed by atoms with Gasteiger partial charge in [-0.1, -0.05) is 52.3 Å². The summed E-state index contributed by atoms with van der Waals surface area (Å²) in [7, 11) is 0. The first-order valence-corrected chi connectivity index (χ1v) is 8.74. The van der Waals surface area contributed by atoms with Crippen LogP contribution in [0.3, 0.4) is 0 Å². The van der Waals surface area contributed by atoms with Crippen LogP contribution >= 0.6 is 0 Å². The number of hydrogen-bond acceptors (Lipinski definition) is 1. The van der Waals surface area contributed by atoms with Gasteiger partial charge >= 0.3 is 0 Å². The van der Waals surface area contributed by atoms with Crippen molar-refractivity contribution in [2.24, 2.45) is 17.1 Å². The van der Waals surface area contributed by atoms with Crippen molar-refractivity contribution in [2.45, 2.75) is 71.1 Å². The van der Waals surface area contributed by atoms with Crippen LogP contribution < -0.4 is 5.73 Å². The zero-order valence-electron chi connectivity index (χ0n) is 14.2. The molecule has 21 heavy (non-hydrogen) atoms. The zero-order valence-corrected chi connectivity index (χ0v) is 14.2. The molecule has 0 spiro atoms. The normalized spacial score (nSPS) is 35.4. The molecule has 1 heteroatoms. The first kappa shape index (κ1) is 15.1. The van der Waals surface area contributed by atoms with Crippen molar-refractivity contribution >= 4 is 0 Å². The summed E-state index contributed by atoms with van der Waals surface area (Å²) in [5, 5.41) is 0. The number of hydrogen-bond donors (Lipinski definition) is 1. The monoisotopic (exact) mass is 285 g/mol. The highest BCUT2D eigenvalue weighted by Gasteiger charge is 2.50. The molecule has 1 unspecified atom stereocenters. The fourth-order valence-electron chi connectivity index (χ4n) is 5.25. The molecule has 2 aliphatic rings. The molecule has 3 rings (SSSR count). The van der Waals surface area contributed by atoms with Gasteiger partial charge in [0.15, 0.2) is 0 Å². The lowest BCUT2D eigenvalue weighted by Crippen LogP contribution is -2.51. The third kappa shape index (κ3) is 2.25. The van der Waals surface area contributed by atoms with Gasteiger partial charge in [0.25, 0.3) is 0 Å². The first-order chi connectivity index (χ1) is 9.90. The molecule has 3 atom stereocenters. The highest BCUT2D eigenvalue weighted by molar-refractivity contribution is 5.42. The SMILES string of the molecule is CC(C)c1ccc2c(c1)CC[C@H]1C(C)(CN)CCC[C@]21C. The largest absolute Gasteiger partial charge is 0.330 e. The second-order valence-corrected chi connectivity index (χ2v) is 8.29. The molecule has 1 nitrogen and oxygen atoms in total. The van der Waals surface area contributed by atoms with Gasteiger partial charge in [0.05, 0.1) is 0 Å². The van der Waals surface area contributed by atoms with Gasteiger partial charge < -0.3 is 5.73 Å². The molecule has 0 aliphatic heterocycles. The number of nitrogens with two attached hydrogens (primary N) is 1. The summed E-state index contributed by atoms with van der Waals surface area (Å²) < 4.78 is 0. The van der Waals surface area contributed by atoms with Gasteiger partial charge in [0, 0.05) is 0 Å². The molecular weight excluding hydrogens is 254 g/mol. The molecule has 1 aromatic rings. The molecule has 2 N–H and O–H groups in total. The number of aryl methyl sites for hydroxylation is 1. The summed E-state index contributed by atoms with van der Waals surface area (Å²) in [4.78, 5) is 0. The molecule has 1 fully saturated rings. The predicted molar refractivity (Wildman–Crippen MR) is 90.7 cm³/mol. The molecule has 0 bridgehead atoms. The third-order valence-electron chi connectivity index (χ3n) is 6.63. The minimum Gasteiger partial charge on any atom is -0.330 e. The van der Waals surface area contributed by atoms with E-state index < -0.39 is 0 Å². The fourth-order valence-corrected chi connectivity index (χ4v) is 5.25. The first-order valence-electron chi connectivity index (χ1n) is 8.74. The summed E-state index contributed by atoms with van der Waals surface area (Å²) in [5.41, 5.74) is 11.6. The van der Waals surface area contributed by atoms with Crippen LogP contribution in [0.25, 0.3) is 0 Å². The van der Waals surface area contributed by atoms with Crippen LogP contribution in [0.1, 0.15) is 76.0 Å². The van der Waals surface area contributed by atoms with E-state index in [2.05, 4.69) is 45.9 Å². The van der Waals surface area contributed by atoms with Gasteiger partial charge in [-0.15, -0.1) is 0 Å². The maximum Gasteiger partial charge on any atom is -0.00202 e. The number of fused-ring (bicyclic) bond motifs is 3. The van der Waals surface area contributed by atoms with Crippen LogP contribution in [-0.2, 0) is 11.8 Å². The van der Waals surface area contributed by atoms with Crippen molar-refractivity contribution in [3.63, 3.8) is 0 Å². The predicted octanol–water partition coefficient (Wildman–Crippen LogP) is 4.78. The fraction of sp³-hybridized carbons (Fsp3) is 0.700. The lowest BCUT2D eigenvalue weighted by Gasteiger charge is -2.55. The van der Waals surface area contributed by atoms with Crippen molar-refractivity contribution in [1.29, 1.82) is 0 Å². The lowest BCUT2D eigenvalue weighted by atomic mass is 9.50. The van der Waals surface area contributed by atoms with Crippen LogP contribution in [0.15, 0.2) is 18.2 Å². The van der Waals surface area contributed by atoms with Gasteiger partial charge in [0.2, 0.25) is 0 Å². The second-order valence-electron chi connectivity index (χ2n) is 8.29. The van der Waals surface area contributed by atoms with Gasteiger partial charge in [-0.2, -0.15) is 0 Å². The standard InChI is InChI=1S/C20H31N/c1-14(2)15-6-8-17-16(12-15)7-9-18-19(3,13-21)10-5-11-20(17,18)4/h6,8,12,14,18H,5,7,9-11,13,21H2,1-4H3/t18-,19?,20+/m0/s1. The average Bonchev–Trinajstić information content (AvgIpc) is 2.46. The Hall–Kier alpha value is -0.820. The zero-order chi connectivity index (χ0) is 15.3. The van der Waals surface area contributed by atoms with E-state index >= 15 is 0 Å². The van der Waals surface area contributed by atoms with Gasteiger partial charge in [-0.25, -0.2) is 0 Å². The van der Waals surface area contributed by atoms with Crippen LogP contribution in [0.2, 0.25) is 0 Å². The molecule has 0 amide bonds. The minimum atomic E-state index is 0.335. The molecule has 1 saturated carbocycles. The van der Waals surface area contributed by atoms with Gasteiger partial charge in [-0.3, -0.25) is 0 Å². The van der Waals surface area contributed by atoms with Gasteiger partial charge in [-0.05, 0) is 71.6 Å². The maximum atomic E-state index is 6.19. The van der Waals surface area contributed by atoms with Crippen molar-refractivity contribution in [3.05, 3.63) is 34.9 Å². The quantitative estimate of drug-likeness (QED) is 0.831. The summed E-state index contributed by atoms with van der Waals surface area (Å²) in [6.45, 7) is 10.4. The average molecular weight is 285 g/mol.